The van der Waals surface area contributed by atoms with Crippen molar-refractivity contribution in [3.8, 4) is 0 Å². The van der Waals surface area contributed by atoms with Crippen LogP contribution in [0.2, 0.25) is 0 Å². The highest BCUT2D eigenvalue weighted by molar-refractivity contribution is 5.93. The summed E-state index contributed by atoms with van der Waals surface area (Å²) in [7, 11) is 5.33. The Morgan fingerprint density at radius 2 is 1.93 bits per heavy atom. The second-order valence-electron chi connectivity index (χ2n) is 6.65. The molecule has 1 heterocycles. The number of hydrogen-bond acceptors (Lipinski definition) is 4. The summed E-state index contributed by atoms with van der Waals surface area (Å²) in [6, 6.07) is 5.64. The fourth-order valence-corrected chi connectivity index (χ4v) is 2.41. The Bertz CT molecular complexity index is 698. The van der Waals surface area contributed by atoms with Crippen LogP contribution in [0.1, 0.15) is 60.2 Å². The molecule has 1 aromatic carbocycles. The number of fused-ring (bicyclic) bond motifs is 1. The molecule has 154 valence electrons. The van der Waals surface area contributed by atoms with E-state index >= 15 is 0 Å². The van der Waals surface area contributed by atoms with Gasteiger partial charge in [0.2, 0.25) is 5.91 Å². The molecule has 0 saturated carbocycles. The number of methoxy groups -OCH3 is 1. The minimum atomic E-state index is -1.000. The van der Waals surface area contributed by atoms with Gasteiger partial charge in [0, 0.05) is 40.4 Å². The van der Waals surface area contributed by atoms with Gasteiger partial charge in [0.05, 0.1) is 11.0 Å². The van der Waals surface area contributed by atoms with Crippen LogP contribution in [-0.4, -0.2) is 41.3 Å². The van der Waals surface area contributed by atoms with Gasteiger partial charge in [0.1, 0.15) is 11.4 Å². The van der Waals surface area contributed by atoms with E-state index in [-0.39, 0.29) is 5.91 Å². The van der Waals surface area contributed by atoms with E-state index in [4.69, 9.17) is 4.74 Å². The van der Waals surface area contributed by atoms with E-state index in [1.807, 2.05) is 43.7 Å². The lowest BCUT2D eigenvalue weighted by Crippen LogP contribution is -2.22. The summed E-state index contributed by atoms with van der Waals surface area (Å²) >= 11 is 0. The molecule has 6 nitrogen and oxygen atoms in total. The van der Waals surface area contributed by atoms with Gasteiger partial charge in [-0.3, -0.25) is 4.79 Å². The number of aromatic nitrogens is 2. The van der Waals surface area contributed by atoms with E-state index in [0.29, 0.717) is 5.82 Å². The lowest BCUT2D eigenvalue weighted by Gasteiger charge is -2.16. The number of imidazole rings is 1. The molecule has 0 radical (unpaired) electrons. The molecule has 0 aliphatic rings. The van der Waals surface area contributed by atoms with Gasteiger partial charge in [-0.2, -0.15) is 0 Å². The third-order valence-corrected chi connectivity index (χ3v) is 3.97. The van der Waals surface area contributed by atoms with Crippen molar-refractivity contribution in [1.82, 2.24) is 9.55 Å². The normalized spacial score (nSPS) is 10.6. The van der Waals surface area contributed by atoms with E-state index in [9.17, 15) is 9.90 Å². The number of nitrogens with zero attached hydrogens (tertiary/aromatic N) is 3. The van der Waals surface area contributed by atoms with Crippen molar-refractivity contribution in [2.75, 3.05) is 25.7 Å². The molecule has 27 heavy (non-hydrogen) atoms. The number of benzene rings is 1. The lowest BCUT2D eigenvalue weighted by atomic mass is 10.1. The van der Waals surface area contributed by atoms with Crippen LogP contribution in [0, 0.1) is 0 Å². The van der Waals surface area contributed by atoms with Crippen LogP contribution in [0.3, 0.4) is 0 Å². The van der Waals surface area contributed by atoms with Crippen molar-refractivity contribution < 1.29 is 14.6 Å². The van der Waals surface area contributed by atoms with Crippen molar-refractivity contribution in [2.45, 2.75) is 60.0 Å². The second kappa shape index (κ2) is 11.7. The van der Waals surface area contributed by atoms with Crippen molar-refractivity contribution in [2.24, 2.45) is 7.05 Å². The Labute approximate surface area is 164 Å². The van der Waals surface area contributed by atoms with E-state index in [1.54, 1.807) is 32.9 Å². The van der Waals surface area contributed by atoms with Crippen LogP contribution in [-0.2, 0) is 22.2 Å². The number of aliphatic hydroxyl groups is 1. The molecule has 2 rings (SSSR count). The van der Waals surface area contributed by atoms with Gasteiger partial charge in [-0.1, -0.05) is 27.2 Å². The Kier molecular flexibility index (Phi) is 10.9. The van der Waals surface area contributed by atoms with E-state index in [2.05, 4.69) is 11.9 Å². The lowest BCUT2D eigenvalue weighted by molar-refractivity contribution is -0.116. The molecule has 1 amide bonds. The molecule has 1 aromatic heterocycles. The number of carbonyl (C=O) groups excluding carboxylic acids is 1. The molecule has 0 saturated heterocycles. The van der Waals surface area contributed by atoms with Crippen LogP contribution >= 0.6 is 0 Å². The minimum Gasteiger partial charge on any atom is -0.385 e. The summed E-state index contributed by atoms with van der Waals surface area (Å²) in [6.07, 6.45) is 2.42. The average molecular weight is 380 g/mol. The van der Waals surface area contributed by atoms with Crippen LogP contribution in [0.25, 0.3) is 11.0 Å². The molecule has 0 aliphatic carbocycles. The van der Waals surface area contributed by atoms with Gasteiger partial charge in [0.15, 0.2) is 0 Å². The maximum atomic E-state index is 11.4. The summed E-state index contributed by atoms with van der Waals surface area (Å²) in [5.74, 6) is 0.572. The molecule has 0 atom stereocenters. The van der Waals surface area contributed by atoms with Crippen molar-refractivity contribution >= 4 is 22.6 Å². The predicted molar refractivity (Wildman–Crippen MR) is 113 cm³/mol. The number of anilines is 1. The highest BCUT2D eigenvalue weighted by Crippen LogP contribution is 2.26. The summed E-state index contributed by atoms with van der Waals surface area (Å²) in [5.41, 5.74) is 1.49. The number of rotatable bonds is 5. The van der Waals surface area contributed by atoms with E-state index in [0.717, 1.165) is 23.3 Å². The largest absolute Gasteiger partial charge is 0.385 e. The van der Waals surface area contributed by atoms with Gasteiger partial charge in [0.25, 0.3) is 0 Å². The number of hydrogen-bond donors (Lipinski definition) is 1. The molecular weight excluding hydrogens is 342 g/mol. The zero-order valence-corrected chi connectivity index (χ0v) is 18.5. The monoisotopic (exact) mass is 379 g/mol. The standard InChI is InChI=1S/C14H19N3O2.C5H12O.C2H6/c1-9(18)16(4)10-6-7-12-11(8-10)15-13(17(12)5)14(2,3)19;1-3-4-5-6-2;1-2/h6-8,19H,1-5H3;3-5H2,1-2H3;1-2H3. The van der Waals surface area contributed by atoms with Crippen molar-refractivity contribution in [3.05, 3.63) is 24.0 Å². The zero-order chi connectivity index (χ0) is 21.2. The van der Waals surface area contributed by atoms with Gasteiger partial charge >= 0.3 is 0 Å². The van der Waals surface area contributed by atoms with E-state index < -0.39 is 5.60 Å². The smallest absolute Gasteiger partial charge is 0.223 e. The SMILES string of the molecule is CC.CC(=O)N(C)c1ccc2c(c1)nc(C(C)(C)O)n2C.CCCCOC. The molecule has 0 bridgehead atoms. The van der Waals surface area contributed by atoms with Gasteiger partial charge < -0.3 is 19.3 Å². The maximum Gasteiger partial charge on any atom is 0.223 e. The molecule has 0 aliphatic heterocycles. The summed E-state index contributed by atoms with van der Waals surface area (Å²) in [6.45, 7) is 12.0. The van der Waals surface area contributed by atoms with Crippen LogP contribution in [0.15, 0.2) is 18.2 Å². The fraction of sp³-hybridized carbons (Fsp3) is 0.619. The topological polar surface area (TPSA) is 67.6 Å². The Morgan fingerprint density at radius 1 is 1.33 bits per heavy atom. The summed E-state index contributed by atoms with van der Waals surface area (Å²) in [4.78, 5) is 17.4. The predicted octanol–water partition coefficient (Wildman–Crippen LogP) is 4.24. The van der Waals surface area contributed by atoms with Crippen LogP contribution in [0.4, 0.5) is 5.69 Å². The third kappa shape index (κ3) is 7.31. The highest BCUT2D eigenvalue weighted by Gasteiger charge is 2.23. The number of amides is 1. The highest BCUT2D eigenvalue weighted by atomic mass is 16.5. The number of carbonyl (C=O) groups is 1. The number of unbranched alkanes of at least 4 members (excludes halogenated alkanes) is 1. The van der Waals surface area contributed by atoms with E-state index in [1.165, 1.54) is 19.8 Å². The number of aryl methyl sites for hydroxylation is 1. The molecule has 1 N–H and O–H groups in total. The van der Waals surface area contributed by atoms with Crippen LogP contribution < -0.4 is 4.90 Å². The molecule has 2 aromatic rings. The molecule has 0 fully saturated rings. The van der Waals surface area contributed by atoms with Gasteiger partial charge in [-0.05, 0) is 38.5 Å². The zero-order valence-electron chi connectivity index (χ0n) is 18.5. The van der Waals surface area contributed by atoms with Crippen molar-refractivity contribution in [3.63, 3.8) is 0 Å². The third-order valence-electron chi connectivity index (χ3n) is 3.97. The second-order valence-corrected chi connectivity index (χ2v) is 6.65. The number of ether oxygens (including phenoxy) is 1. The first kappa shape index (κ1) is 25.1. The quantitative estimate of drug-likeness (QED) is 0.789. The maximum absolute atomic E-state index is 11.4. The summed E-state index contributed by atoms with van der Waals surface area (Å²) in [5, 5.41) is 10.1. The molecular formula is C21H37N3O3. The van der Waals surface area contributed by atoms with Crippen molar-refractivity contribution in [1.29, 1.82) is 0 Å². The molecule has 0 unspecified atom stereocenters. The first-order valence-electron chi connectivity index (χ1n) is 9.56. The van der Waals surface area contributed by atoms with Gasteiger partial charge in [-0.15, -0.1) is 0 Å². The Morgan fingerprint density at radius 3 is 2.33 bits per heavy atom. The Balaban J connectivity index is 0.000000722. The minimum absolute atomic E-state index is 0.0296. The fourth-order valence-electron chi connectivity index (χ4n) is 2.41. The first-order valence-corrected chi connectivity index (χ1v) is 9.56. The average Bonchev–Trinajstić information content (AvgIpc) is 2.98. The molecule has 6 heteroatoms. The Hall–Kier alpha value is -1.92. The first-order chi connectivity index (χ1) is 12.6. The summed E-state index contributed by atoms with van der Waals surface area (Å²) < 4.78 is 6.65. The molecule has 0 spiro atoms. The van der Waals surface area contributed by atoms with Crippen LogP contribution in [0.5, 0.6) is 0 Å². The van der Waals surface area contributed by atoms with Gasteiger partial charge in [-0.25, -0.2) is 4.98 Å².